The summed E-state index contributed by atoms with van der Waals surface area (Å²) in [6.45, 7) is 0.677. The predicted octanol–water partition coefficient (Wildman–Crippen LogP) is 1.65. The molecule has 0 aliphatic heterocycles. The second kappa shape index (κ2) is 5.67. The highest BCUT2D eigenvalue weighted by Gasteiger charge is 2.06. The van der Waals surface area contributed by atoms with E-state index in [1.165, 1.54) is 12.3 Å². The van der Waals surface area contributed by atoms with Gasteiger partial charge in [0.05, 0.1) is 6.20 Å². The minimum absolute atomic E-state index is 0.159. The van der Waals surface area contributed by atoms with Gasteiger partial charge < -0.3 is 10.5 Å². The maximum Gasteiger partial charge on any atom is 0.141 e. The molecule has 0 fully saturated rings. The maximum atomic E-state index is 12.8. The van der Waals surface area contributed by atoms with E-state index >= 15 is 0 Å². The zero-order valence-corrected chi connectivity index (χ0v) is 8.24. The van der Waals surface area contributed by atoms with Gasteiger partial charge in [0.25, 0.3) is 0 Å². The van der Waals surface area contributed by atoms with Crippen molar-refractivity contribution < 1.29 is 9.13 Å². The average Bonchev–Trinajstić information content (AvgIpc) is 2.18. The number of aromatic nitrogens is 1. The van der Waals surface area contributed by atoms with E-state index in [2.05, 4.69) is 4.98 Å². The van der Waals surface area contributed by atoms with Gasteiger partial charge in [-0.2, -0.15) is 0 Å². The summed E-state index contributed by atoms with van der Waals surface area (Å²) in [4.78, 5) is 3.75. The number of hydrogen-bond donors (Lipinski definition) is 1. The van der Waals surface area contributed by atoms with Gasteiger partial charge >= 0.3 is 0 Å². The van der Waals surface area contributed by atoms with E-state index in [1.54, 1.807) is 13.3 Å². The summed E-state index contributed by atoms with van der Waals surface area (Å²) in [5.74, 6) is -0.343. The fourth-order valence-electron chi connectivity index (χ4n) is 1.25. The first-order valence-electron chi connectivity index (χ1n) is 4.59. The first kappa shape index (κ1) is 11.1. The minimum atomic E-state index is -0.343. The van der Waals surface area contributed by atoms with Crippen LogP contribution in [-0.2, 0) is 4.74 Å². The SMILES string of the molecule is COCCCC(N)c1cncc(F)c1. The van der Waals surface area contributed by atoms with Crippen molar-refractivity contribution in [2.75, 3.05) is 13.7 Å². The average molecular weight is 198 g/mol. The van der Waals surface area contributed by atoms with Gasteiger partial charge in [-0.1, -0.05) is 0 Å². The Labute approximate surface area is 83.1 Å². The first-order valence-corrected chi connectivity index (χ1v) is 4.59. The highest BCUT2D eigenvalue weighted by atomic mass is 19.1. The van der Waals surface area contributed by atoms with Crippen molar-refractivity contribution in [1.29, 1.82) is 0 Å². The third-order valence-corrected chi connectivity index (χ3v) is 2.02. The number of rotatable bonds is 5. The van der Waals surface area contributed by atoms with Crippen LogP contribution < -0.4 is 5.73 Å². The summed E-state index contributed by atoms with van der Waals surface area (Å²) < 4.78 is 17.7. The van der Waals surface area contributed by atoms with Gasteiger partial charge in [-0.3, -0.25) is 4.98 Å². The van der Waals surface area contributed by atoms with E-state index < -0.39 is 0 Å². The Morgan fingerprint density at radius 3 is 3.00 bits per heavy atom. The summed E-state index contributed by atoms with van der Waals surface area (Å²) >= 11 is 0. The van der Waals surface area contributed by atoms with Crippen molar-refractivity contribution in [3.8, 4) is 0 Å². The number of nitrogens with zero attached hydrogens (tertiary/aromatic N) is 1. The molecule has 0 aliphatic rings. The summed E-state index contributed by atoms with van der Waals surface area (Å²) in [6, 6.07) is 1.26. The lowest BCUT2D eigenvalue weighted by Gasteiger charge is -2.10. The Bertz CT molecular complexity index is 281. The lowest BCUT2D eigenvalue weighted by atomic mass is 10.1. The van der Waals surface area contributed by atoms with E-state index in [9.17, 15) is 4.39 Å². The molecule has 0 spiro atoms. The standard InChI is InChI=1S/C10H15FN2O/c1-14-4-2-3-10(12)8-5-9(11)7-13-6-8/h5-7,10H,2-4,12H2,1H3. The van der Waals surface area contributed by atoms with Crippen LogP contribution in [0.5, 0.6) is 0 Å². The fraction of sp³-hybridized carbons (Fsp3) is 0.500. The molecule has 1 heterocycles. The highest BCUT2D eigenvalue weighted by Crippen LogP contribution is 2.15. The Hall–Kier alpha value is -1.00. The van der Waals surface area contributed by atoms with Crippen LogP contribution in [0.2, 0.25) is 0 Å². The molecule has 0 radical (unpaired) electrons. The lowest BCUT2D eigenvalue weighted by molar-refractivity contribution is 0.190. The molecular weight excluding hydrogens is 183 g/mol. The summed E-state index contributed by atoms with van der Waals surface area (Å²) in [5, 5.41) is 0. The molecule has 0 saturated carbocycles. The van der Waals surface area contributed by atoms with Crippen molar-refractivity contribution >= 4 is 0 Å². The Morgan fingerprint density at radius 2 is 2.36 bits per heavy atom. The molecule has 1 rings (SSSR count). The van der Waals surface area contributed by atoms with E-state index in [0.29, 0.717) is 6.61 Å². The number of hydrogen-bond acceptors (Lipinski definition) is 3. The van der Waals surface area contributed by atoms with Gasteiger partial charge in [0.1, 0.15) is 5.82 Å². The number of methoxy groups -OCH3 is 1. The van der Waals surface area contributed by atoms with Crippen LogP contribution >= 0.6 is 0 Å². The van der Waals surface area contributed by atoms with Crippen LogP contribution in [0.15, 0.2) is 18.5 Å². The van der Waals surface area contributed by atoms with Crippen molar-refractivity contribution in [2.45, 2.75) is 18.9 Å². The van der Waals surface area contributed by atoms with Gasteiger partial charge in [-0.15, -0.1) is 0 Å². The third kappa shape index (κ3) is 3.40. The summed E-state index contributed by atoms with van der Waals surface area (Å²) in [6.07, 6.45) is 4.42. The molecule has 2 N–H and O–H groups in total. The smallest absolute Gasteiger partial charge is 0.141 e. The number of pyridine rings is 1. The number of nitrogens with two attached hydrogens (primary N) is 1. The van der Waals surface area contributed by atoms with E-state index in [0.717, 1.165) is 18.4 Å². The zero-order valence-electron chi connectivity index (χ0n) is 8.24. The molecule has 1 atom stereocenters. The highest BCUT2D eigenvalue weighted by molar-refractivity contribution is 5.14. The van der Waals surface area contributed by atoms with E-state index in [4.69, 9.17) is 10.5 Å². The van der Waals surface area contributed by atoms with Crippen molar-refractivity contribution in [1.82, 2.24) is 4.98 Å². The first-order chi connectivity index (χ1) is 6.74. The van der Waals surface area contributed by atoms with Crippen LogP contribution in [0.4, 0.5) is 4.39 Å². The van der Waals surface area contributed by atoms with Crippen molar-refractivity contribution in [3.63, 3.8) is 0 Å². The predicted molar refractivity (Wildman–Crippen MR) is 52.2 cm³/mol. The quantitative estimate of drug-likeness (QED) is 0.732. The molecule has 0 amide bonds. The molecule has 4 heteroatoms. The fourth-order valence-corrected chi connectivity index (χ4v) is 1.25. The number of ether oxygens (including phenoxy) is 1. The van der Waals surface area contributed by atoms with Gasteiger partial charge in [0, 0.05) is 26.0 Å². The number of halogens is 1. The van der Waals surface area contributed by atoms with Gasteiger partial charge in [-0.05, 0) is 24.5 Å². The minimum Gasteiger partial charge on any atom is -0.385 e. The molecule has 0 bridgehead atoms. The Kier molecular flexibility index (Phi) is 4.49. The zero-order chi connectivity index (χ0) is 10.4. The monoisotopic (exact) mass is 198 g/mol. The topological polar surface area (TPSA) is 48.1 Å². The maximum absolute atomic E-state index is 12.8. The summed E-state index contributed by atoms with van der Waals surface area (Å²) in [5.41, 5.74) is 6.58. The molecule has 14 heavy (non-hydrogen) atoms. The molecule has 1 unspecified atom stereocenters. The summed E-state index contributed by atoms with van der Waals surface area (Å²) in [7, 11) is 1.65. The molecule has 0 aliphatic carbocycles. The van der Waals surface area contributed by atoms with Gasteiger partial charge in [0.15, 0.2) is 0 Å². The largest absolute Gasteiger partial charge is 0.385 e. The van der Waals surface area contributed by atoms with Crippen LogP contribution in [0.1, 0.15) is 24.4 Å². The van der Waals surface area contributed by atoms with E-state index in [1.807, 2.05) is 0 Å². The Morgan fingerprint density at radius 1 is 1.57 bits per heavy atom. The normalized spacial score (nSPS) is 12.8. The van der Waals surface area contributed by atoms with Crippen LogP contribution in [-0.4, -0.2) is 18.7 Å². The second-order valence-electron chi connectivity index (χ2n) is 3.18. The van der Waals surface area contributed by atoms with Gasteiger partial charge in [-0.25, -0.2) is 4.39 Å². The molecule has 1 aromatic rings. The second-order valence-corrected chi connectivity index (χ2v) is 3.18. The van der Waals surface area contributed by atoms with Crippen LogP contribution in [0.3, 0.4) is 0 Å². The Balaban J connectivity index is 2.47. The molecule has 1 aromatic heterocycles. The molecular formula is C10H15FN2O. The van der Waals surface area contributed by atoms with E-state index in [-0.39, 0.29) is 11.9 Å². The molecule has 78 valence electrons. The molecule has 0 saturated heterocycles. The molecule has 3 nitrogen and oxygen atoms in total. The van der Waals surface area contributed by atoms with Gasteiger partial charge in [0.2, 0.25) is 0 Å². The lowest BCUT2D eigenvalue weighted by Crippen LogP contribution is -2.11. The van der Waals surface area contributed by atoms with Crippen molar-refractivity contribution in [3.05, 3.63) is 29.8 Å². The van der Waals surface area contributed by atoms with Crippen molar-refractivity contribution in [2.24, 2.45) is 5.73 Å². The van der Waals surface area contributed by atoms with Crippen LogP contribution in [0, 0.1) is 5.82 Å². The molecule has 0 aromatic carbocycles. The van der Waals surface area contributed by atoms with Crippen LogP contribution in [0.25, 0.3) is 0 Å². The third-order valence-electron chi connectivity index (χ3n) is 2.02.